The molecule has 1 N–H and O–H groups in total. The Bertz CT molecular complexity index is 270. The summed E-state index contributed by atoms with van der Waals surface area (Å²) in [5, 5.41) is 9.38. The largest absolute Gasteiger partial charge is 0.481 e. The van der Waals surface area contributed by atoms with Crippen molar-refractivity contribution in [2.24, 2.45) is 11.3 Å². The summed E-state index contributed by atoms with van der Waals surface area (Å²) < 4.78 is 5.29. The third-order valence-corrected chi connectivity index (χ3v) is 4.46. The zero-order valence-corrected chi connectivity index (χ0v) is 12.1. The summed E-state index contributed by atoms with van der Waals surface area (Å²) in [4.78, 5) is 13.8. The van der Waals surface area contributed by atoms with Crippen molar-refractivity contribution in [1.29, 1.82) is 0 Å². The second-order valence-corrected chi connectivity index (χ2v) is 5.74. The summed E-state index contributed by atoms with van der Waals surface area (Å²) >= 11 is 0. The molecule has 0 bridgehead atoms. The molecule has 1 aliphatic rings. The first kappa shape index (κ1) is 15.4. The first-order chi connectivity index (χ1) is 8.46. The third kappa shape index (κ3) is 3.23. The molecule has 0 radical (unpaired) electrons. The molecule has 4 nitrogen and oxygen atoms in total. The van der Waals surface area contributed by atoms with Gasteiger partial charge in [0.05, 0.1) is 12.0 Å². The van der Waals surface area contributed by atoms with E-state index in [1.165, 1.54) is 0 Å². The summed E-state index contributed by atoms with van der Waals surface area (Å²) in [6.45, 7) is 8.84. The number of hydrogen-bond acceptors (Lipinski definition) is 3. The number of methoxy groups -OCH3 is 1. The van der Waals surface area contributed by atoms with E-state index in [9.17, 15) is 9.90 Å². The zero-order chi connectivity index (χ0) is 13.8. The molecule has 0 aliphatic carbocycles. The van der Waals surface area contributed by atoms with Crippen LogP contribution in [0.25, 0.3) is 0 Å². The van der Waals surface area contributed by atoms with Gasteiger partial charge in [0, 0.05) is 13.2 Å². The first-order valence-electron chi connectivity index (χ1n) is 6.93. The molecule has 0 aromatic heterocycles. The Balaban J connectivity index is 2.64. The normalized spacial score (nSPS) is 22.1. The van der Waals surface area contributed by atoms with Crippen molar-refractivity contribution >= 4 is 5.97 Å². The Morgan fingerprint density at radius 2 is 1.94 bits per heavy atom. The topological polar surface area (TPSA) is 49.8 Å². The van der Waals surface area contributed by atoms with Gasteiger partial charge in [-0.1, -0.05) is 20.8 Å². The highest BCUT2D eigenvalue weighted by Gasteiger charge is 2.41. The van der Waals surface area contributed by atoms with E-state index in [0.717, 1.165) is 39.0 Å². The van der Waals surface area contributed by atoms with Gasteiger partial charge in [0.1, 0.15) is 0 Å². The lowest BCUT2D eigenvalue weighted by atomic mass is 9.75. The molecule has 1 aliphatic heterocycles. The molecule has 18 heavy (non-hydrogen) atoms. The van der Waals surface area contributed by atoms with Gasteiger partial charge >= 0.3 is 5.97 Å². The molecule has 1 saturated heterocycles. The number of rotatable bonds is 6. The molecular weight excluding hydrogens is 230 g/mol. The van der Waals surface area contributed by atoms with E-state index in [2.05, 4.69) is 18.7 Å². The number of aliphatic carboxylic acids is 1. The van der Waals surface area contributed by atoms with Crippen LogP contribution < -0.4 is 0 Å². The van der Waals surface area contributed by atoms with E-state index >= 15 is 0 Å². The van der Waals surface area contributed by atoms with Crippen LogP contribution in [-0.4, -0.2) is 48.8 Å². The number of carbonyl (C=O) groups is 1. The predicted octanol–water partition coefficient (Wildman–Crippen LogP) is 2.23. The fourth-order valence-corrected chi connectivity index (χ4v) is 2.89. The fourth-order valence-electron chi connectivity index (χ4n) is 2.89. The Kier molecular flexibility index (Phi) is 5.60. The lowest BCUT2D eigenvalue weighted by Gasteiger charge is -2.43. The Morgan fingerprint density at radius 3 is 2.28 bits per heavy atom. The van der Waals surface area contributed by atoms with E-state index in [1.807, 2.05) is 6.92 Å². The Hall–Kier alpha value is -0.610. The van der Waals surface area contributed by atoms with Gasteiger partial charge in [0.2, 0.25) is 0 Å². The van der Waals surface area contributed by atoms with Crippen LogP contribution in [-0.2, 0) is 9.53 Å². The van der Waals surface area contributed by atoms with Crippen LogP contribution in [0.5, 0.6) is 0 Å². The average molecular weight is 257 g/mol. The zero-order valence-electron chi connectivity index (χ0n) is 12.1. The summed E-state index contributed by atoms with van der Waals surface area (Å²) in [5.41, 5.74) is -0.495. The third-order valence-electron chi connectivity index (χ3n) is 4.46. The highest BCUT2D eigenvalue weighted by atomic mass is 16.5. The van der Waals surface area contributed by atoms with Crippen LogP contribution in [0.15, 0.2) is 0 Å². The average Bonchev–Trinajstić information content (AvgIpc) is 2.35. The number of carboxylic acid groups (broad SMARTS) is 1. The van der Waals surface area contributed by atoms with E-state index in [1.54, 1.807) is 7.11 Å². The minimum absolute atomic E-state index is 0.402. The van der Waals surface area contributed by atoms with Crippen LogP contribution in [0.2, 0.25) is 0 Å². The van der Waals surface area contributed by atoms with Crippen LogP contribution in [0, 0.1) is 11.3 Å². The fraction of sp³-hybridized carbons (Fsp3) is 0.929. The van der Waals surface area contributed by atoms with Gasteiger partial charge in [0.25, 0.3) is 0 Å². The van der Waals surface area contributed by atoms with Crippen molar-refractivity contribution in [1.82, 2.24) is 4.90 Å². The summed E-state index contributed by atoms with van der Waals surface area (Å²) in [7, 11) is 1.73. The predicted molar refractivity (Wildman–Crippen MR) is 71.7 cm³/mol. The summed E-state index contributed by atoms with van der Waals surface area (Å²) in [5.74, 6) is -0.0959. The van der Waals surface area contributed by atoms with Crippen LogP contribution in [0.1, 0.15) is 40.0 Å². The Morgan fingerprint density at radius 1 is 1.39 bits per heavy atom. The number of piperidine rings is 1. The van der Waals surface area contributed by atoms with Crippen molar-refractivity contribution in [2.75, 3.05) is 26.8 Å². The maximum atomic E-state index is 11.4. The minimum Gasteiger partial charge on any atom is -0.481 e. The standard InChI is InChI=1S/C14H27NO3/c1-5-14(13(16)17)6-8-15(9-7-14)12(10-18-4)11(2)3/h11-12H,5-10H2,1-4H3,(H,16,17). The molecule has 0 spiro atoms. The van der Waals surface area contributed by atoms with Crippen LogP contribution in [0.4, 0.5) is 0 Å². The van der Waals surface area contributed by atoms with E-state index in [4.69, 9.17) is 4.74 Å². The number of hydrogen-bond donors (Lipinski definition) is 1. The van der Waals surface area contributed by atoms with Gasteiger partial charge in [-0.05, 0) is 38.3 Å². The van der Waals surface area contributed by atoms with Crippen molar-refractivity contribution < 1.29 is 14.6 Å². The number of carboxylic acids is 1. The highest BCUT2D eigenvalue weighted by Crippen LogP contribution is 2.36. The summed E-state index contributed by atoms with van der Waals surface area (Å²) in [6.07, 6.45) is 2.24. The molecule has 0 amide bonds. The molecule has 1 rings (SSSR count). The lowest BCUT2D eigenvalue weighted by Crippen LogP contribution is -2.50. The molecule has 106 valence electrons. The minimum atomic E-state index is -0.627. The van der Waals surface area contributed by atoms with Crippen molar-refractivity contribution in [3.05, 3.63) is 0 Å². The highest BCUT2D eigenvalue weighted by molar-refractivity contribution is 5.74. The smallest absolute Gasteiger partial charge is 0.309 e. The molecule has 0 aromatic carbocycles. The second-order valence-electron chi connectivity index (χ2n) is 5.74. The lowest BCUT2D eigenvalue weighted by molar-refractivity contribution is -0.153. The number of likely N-dealkylation sites (tertiary alicyclic amines) is 1. The SMILES string of the molecule is CCC1(C(=O)O)CCN(C(COC)C(C)C)CC1. The van der Waals surface area contributed by atoms with Crippen molar-refractivity contribution in [3.63, 3.8) is 0 Å². The molecule has 1 unspecified atom stereocenters. The molecule has 0 saturated carbocycles. The van der Waals surface area contributed by atoms with E-state index in [0.29, 0.717) is 12.0 Å². The number of nitrogens with zero attached hydrogens (tertiary/aromatic N) is 1. The van der Waals surface area contributed by atoms with Gasteiger partial charge < -0.3 is 9.84 Å². The van der Waals surface area contributed by atoms with Crippen LogP contribution >= 0.6 is 0 Å². The maximum absolute atomic E-state index is 11.4. The number of ether oxygens (including phenoxy) is 1. The summed E-state index contributed by atoms with van der Waals surface area (Å²) in [6, 6.07) is 0.402. The monoisotopic (exact) mass is 257 g/mol. The quantitative estimate of drug-likeness (QED) is 0.793. The van der Waals surface area contributed by atoms with Gasteiger partial charge in [0.15, 0.2) is 0 Å². The maximum Gasteiger partial charge on any atom is 0.309 e. The van der Waals surface area contributed by atoms with Crippen molar-refractivity contribution in [3.8, 4) is 0 Å². The molecule has 0 aromatic rings. The van der Waals surface area contributed by atoms with E-state index < -0.39 is 11.4 Å². The molecule has 1 fully saturated rings. The Labute approximate surface area is 110 Å². The van der Waals surface area contributed by atoms with Gasteiger partial charge in [-0.2, -0.15) is 0 Å². The second kappa shape index (κ2) is 6.53. The van der Waals surface area contributed by atoms with Gasteiger partial charge in [-0.15, -0.1) is 0 Å². The van der Waals surface area contributed by atoms with Gasteiger partial charge in [-0.25, -0.2) is 0 Å². The molecule has 4 heteroatoms. The molecule has 1 heterocycles. The first-order valence-corrected chi connectivity index (χ1v) is 6.93. The van der Waals surface area contributed by atoms with Crippen LogP contribution in [0.3, 0.4) is 0 Å². The van der Waals surface area contributed by atoms with Gasteiger partial charge in [-0.3, -0.25) is 9.69 Å². The molecular formula is C14H27NO3. The molecule has 1 atom stereocenters. The van der Waals surface area contributed by atoms with E-state index in [-0.39, 0.29) is 0 Å². The van der Waals surface area contributed by atoms with Crippen molar-refractivity contribution in [2.45, 2.75) is 46.1 Å².